The van der Waals surface area contributed by atoms with Crippen LogP contribution in [0, 0.1) is 0 Å². The minimum atomic E-state index is -4.27. The second kappa shape index (κ2) is 4.51. The molecule has 0 spiro atoms. The van der Waals surface area contributed by atoms with Gasteiger partial charge >= 0.3 is 13.6 Å². The number of rotatable bonds is 5. The minimum Gasteiger partial charge on any atom is -0.480 e. The van der Waals surface area contributed by atoms with E-state index < -0.39 is 26.4 Å². The Bertz CT molecular complexity index is 202. The van der Waals surface area contributed by atoms with Crippen LogP contribution in [0.3, 0.4) is 0 Å². The van der Waals surface area contributed by atoms with Gasteiger partial charge in [0.1, 0.15) is 12.8 Å². The summed E-state index contributed by atoms with van der Waals surface area (Å²) in [5, 5.41) is 8.92. The molecule has 0 heterocycles. The molecule has 0 unspecified atom stereocenters. The summed E-state index contributed by atoms with van der Waals surface area (Å²) < 4.78 is 10.3. The van der Waals surface area contributed by atoms with Crippen LogP contribution in [0.1, 0.15) is 0 Å². The molecule has 0 bridgehead atoms. The van der Waals surface area contributed by atoms with Gasteiger partial charge in [0.25, 0.3) is 0 Å². The second-order valence-electron chi connectivity index (χ2n) is 2.03. The standard InChI is InChI=1S/C3H10N3O5P/c4-5-6(1-3(7)8)2-12(9,10)11/h5H,1-2,4H2,(H,7,8)(H2,9,10,11). The summed E-state index contributed by atoms with van der Waals surface area (Å²) in [6.07, 6.45) is -0.740. The lowest BCUT2D eigenvalue weighted by atomic mass is 10.6. The van der Waals surface area contributed by atoms with Crippen molar-refractivity contribution in [3.63, 3.8) is 0 Å². The Morgan fingerprint density at radius 1 is 1.58 bits per heavy atom. The summed E-state index contributed by atoms with van der Waals surface area (Å²) in [5.41, 5.74) is 1.85. The van der Waals surface area contributed by atoms with Crippen LogP contribution in [-0.2, 0) is 9.36 Å². The normalized spacial score (nSPS) is 12.0. The predicted octanol–water partition coefficient (Wildman–Crippen LogP) is -2.11. The monoisotopic (exact) mass is 199 g/mol. The molecule has 8 nitrogen and oxygen atoms in total. The molecule has 0 aliphatic rings. The van der Waals surface area contributed by atoms with Gasteiger partial charge in [0, 0.05) is 0 Å². The second-order valence-corrected chi connectivity index (χ2v) is 3.64. The highest BCUT2D eigenvalue weighted by Crippen LogP contribution is 2.34. The summed E-state index contributed by atoms with van der Waals surface area (Å²) in [7, 11) is -4.27. The van der Waals surface area contributed by atoms with Crippen LogP contribution in [0.15, 0.2) is 0 Å². The number of aliphatic carboxylic acids is 1. The predicted molar refractivity (Wildman–Crippen MR) is 38.6 cm³/mol. The van der Waals surface area contributed by atoms with Crippen molar-refractivity contribution in [2.75, 3.05) is 12.8 Å². The first-order valence-electron chi connectivity index (χ1n) is 2.82. The van der Waals surface area contributed by atoms with E-state index in [0.29, 0.717) is 5.01 Å². The number of carboxylic acids is 1. The van der Waals surface area contributed by atoms with E-state index in [0.717, 1.165) is 0 Å². The maximum absolute atomic E-state index is 10.3. The van der Waals surface area contributed by atoms with Crippen molar-refractivity contribution in [3.8, 4) is 0 Å². The number of hydrogen-bond acceptors (Lipinski definition) is 5. The van der Waals surface area contributed by atoms with Crippen LogP contribution >= 0.6 is 7.60 Å². The van der Waals surface area contributed by atoms with Gasteiger partial charge in [-0.1, -0.05) is 0 Å². The van der Waals surface area contributed by atoms with E-state index in [9.17, 15) is 9.36 Å². The average Bonchev–Trinajstić information content (AvgIpc) is 1.82. The summed E-state index contributed by atoms with van der Waals surface area (Å²) in [6, 6.07) is 0. The first-order valence-corrected chi connectivity index (χ1v) is 4.62. The third kappa shape index (κ3) is 6.23. The van der Waals surface area contributed by atoms with Crippen LogP contribution < -0.4 is 11.4 Å². The Morgan fingerprint density at radius 2 is 2.08 bits per heavy atom. The molecule has 72 valence electrons. The number of hydrazine groups is 2. The molecule has 0 rings (SSSR count). The largest absolute Gasteiger partial charge is 0.480 e. The lowest BCUT2D eigenvalue weighted by Crippen LogP contribution is -2.46. The first-order chi connectivity index (χ1) is 5.35. The maximum Gasteiger partial charge on any atom is 0.340 e. The third-order valence-corrected chi connectivity index (χ3v) is 1.57. The Morgan fingerprint density at radius 3 is 2.33 bits per heavy atom. The smallest absolute Gasteiger partial charge is 0.340 e. The van der Waals surface area contributed by atoms with Gasteiger partial charge < -0.3 is 14.9 Å². The van der Waals surface area contributed by atoms with Crippen molar-refractivity contribution in [3.05, 3.63) is 0 Å². The third-order valence-electron chi connectivity index (χ3n) is 0.864. The highest BCUT2D eigenvalue weighted by atomic mass is 31.2. The Hall–Kier alpha value is -0.500. The number of nitrogens with zero attached hydrogens (tertiary/aromatic N) is 1. The molecule has 9 heteroatoms. The molecular formula is C3H10N3O5P. The van der Waals surface area contributed by atoms with E-state index >= 15 is 0 Å². The zero-order valence-corrected chi connectivity index (χ0v) is 6.94. The molecule has 0 aromatic heterocycles. The van der Waals surface area contributed by atoms with Crippen molar-refractivity contribution in [2.24, 2.45) is 5.84 Å². The van der Waals surface area contributed by atoms with E-state index in [1.54, 1.807) is 0 Å². The van der Waals surface area contributed by atoms with Gasteiger partial charge in [-0.2, -0.15) is 5.53 Å². The highest BCUT2D eigenvalue weighted by molar-refractivity contribution is 7.51. The van der Waals surface area contributed by atoms with Crippen molar-refractivity contribution >= 4 is 13.6 Å². The molecule has 12 heavy (non-hydrogen) atoms. The number of carboxylic acid groups (broad SMARTS) is 1. The van der Waals surface area contributed by atoms with E-state index in [1.807, 2.05) is 5.53 Å². The zero-order chi connectivity index (χ0) is 9.78. The molecule has 0 aliphatic carbocycles. The lowest BCUT2D eigenvalue weighted by molar-refractivity contribution is -0.138. The van der Waals surface area contributed by atoms with Crippen molar-refractivity contribution in [1.29, 1.82) is 0 Å². The van der Waals surface area contributed by atoms with E-state index in [2.05, 4.69) is 0 Å². The van der Waals surface area contributed by atoms with E-state index in [-0.39, 0.29) is 0 Å². The minimum absolute atomic E-state index is 0.582. The molecule has 0 saturated carbocycles. The van der Waals surface area contributed by atoms with Crippen LogP contribution in [-0.4, -0.2) is 38.7 Å². The lowest BCUT2D eigenvalue weighted by Gasteiger charge is -2.18. The molecule has 6 N–H and O–H groups in total. The number of nitrogens with one attached hydrogen (secondary N) is 1. The number of carbonyl (C=O) groups is 1. The van der Waals surface area contributed by atoms with Crippen LogP contribution in [0.5, 0.6) is 0 Å². The fourth-order valence-electron chi connectivity index (χ4n) is 0.522. The quantitative estimate of drug-likeness (QED) is 0.193. The molecule has 0 radical (unpaired) electrons. The summed E-state index contributed by atoms with van der Waals surface area (Å²) in [4.78, 5) is 26.9. The first kappa shape index (κ1) is 11.5. The van der Waals surface area contributed by atoms with Gasteiger partial charge in [-0.05, 0) is 0 Å². The molecule has 0 amide bonds. The highest BCUT2D eigenvalue weighted by Gasteiger charge is 2.19. The van der Waals surface area contributed by atoms with Gasteiger partial charge in [-0.15, -0.1) is 0 Å². The van der Waals surface area contributed by atoms with Crippen LogP contribution in [0.2, 0.25) is 0 Å². The van der Waals surface area contributed by atoms with Crippen molar-refractivity contribution < 1.29 is 24.3 Å². The Balaban J connectivity index is 4.00. The maximum atomic E-state index is 10.3. The SMILES string of the molecule is NNN(CC(=O)O)CP(=O)(O)O. The van der Waals surface area contributed by atoms with Crippen molar-refractivity contribution in [2.45, 2.75) is 0 Å². The van der Waals surface area contributed by atoms with Gasteiger partial charge in [-0.25, -0.2) is 5.01 Å². The average molecular weight is 199 g/mol. The zero-order valence-electron chi connectivity index (χ0n) is 6.04. The molecule has 0 saturated heterocycles. The van der Waals surface area contributed by atoms with E-state index in [4.69, 9.17) is 20.7 Å². The molecule has 0 fully saturated rings. The Labute approximate surface area is 68.1 Å². The molecule has 0 aliphatic heterocycles. The van der Waals surface area contributed by atoms with Crippen LogP contribution in [0.4, 0.5) is 0 Å². The summed E-state index contributed by atoms with van der Waals surface area (Å²) in [6.45, 7) is -0.582. The van der Waals surface area contributed by atoms with E-state index in [1.165, 1.54) is 0 Å². The van der Waals surface area contributed by atoms with Gasteiger partial charge in [0.2, 0.25) is 0 Å². The number of nitrogens with two attached hydrogens (primary N) is 1. The fourth-order valence-corrected chi connectivity index (χ4v) is 1.15. The summed E-state index contributed by atoms with van der Waals surface area (Å²) >= 11 is 0. The number of hydrogen-bond donors (Lipinski definition) is 5. The molecular weight excluding hydrogens is 189 g/mol. The summed E-state index contributed by atoms with van der Waals surface area (Å²) in [5.74, 6) is 3.56. The van der Waals surface area contributed by atoms with Gasteiger partial charge in [0.05, 0.1) is 0 Å². The topological polar surface area (TPSA) is 136 Å². The molecule has 0 aromatic carbocycles. The molecule has 0 atom stereocenters. The molecule has 0 aromatic rings. The fraction of sp³-hybridized carbons (Fsp3) is 0.667. The van der Waals surface area contributed by atoms with Crippen molar-refractivity contribution in [1.82, 2.24) is 10.5 Å². The van der Waals surface area contributed by atoms with Gasteiger partial charge in [0.15, 0.2) is 0 Å². The Kier molecular flexibility index (Phi) is 4.32. The van der Waals surface area contributed by atoms with Gasteiger partial charge in [-0.3, -0.25) is 15.2 Å². The van der Waals surface area contributed by atoms with Crippen LogP contribution in [0.25, 0.3) is 0 Å².